The summed E-state index contributed by atoms with van der Waals surface area (Å²) in [4.78, 5) is 24.5. The summed E-state index contributed by atoms with van der Waals surface area (Å²) < 4.78 is 0. The van der Waals surface area contributed by atoms with E-state index in [1.165, 1.54) is 6.92 Å². The zero-order valence-corrected chi connectivity index (χ0v) is 10.7. The Morgan fingerprint density at radius 2 is 2.00 bits per heavy atom. The molecule has 1 heterocycles. The second-order valence-electron chi connectivity index (χ2n) is 3.40. The van der Waals surface area contributed by atoms with Crippen LogP contribution in [0.25, 0.3) is 6.08 Å². The maximum atomic E-state index is 11.1. The average Bonchev–Trinajstić information content (AvgIpc) is 2.56. The van der Waals surface area contributed by atoms with Crippen LogP contribution < -0.4 is 0 Å². The monoisotopic (exact) mass is 301 g/mol. The molecule has 0 saturated carbocycles. The van der Waals surface area contributed by atoms with E-state index in [0.717, 1.165) is 11.8 Å². The minimum Gasteiger partial charge on any atom is -0.478 e. The summed E-state index contributed by atoms with van der Waals surface area (Å²) in [6.07, 6.45) is 4.10. The van der Waals surface area contributed by atoms with Crippen molar-refractivity contribution in [1.29, 1.82) is 0 Å². The average molecular weight is 302 g/mol. The van der Waals surface area contributed by atoms with Crippen molar-refractivity contribution in [2.24, 2.45) is 0 Å². The van der Waals surface area contributed by atoms with Crippen molar-refractivity contribution >= 4 is 33.9 Å². The molecule has 6 heteroatoms. The smallest absolute Gasteiger partial charge is 0.352 e. The van der Waals surface area contributed by atoms with Crippen LogP contribution in [0.15, 0.2) is 6.08 Å². The van der Waals surface area contributed by atoms with Crippen molar-refractivity contribution in [3.8, 4) is 0 Å². The molecule has 0 atom stereocenters. The molecule has 17 heavy (non-hydrogen) atoms. The third kappa shape index (κ3) is 2.97. The van der Waals surface area contributed by atoms with Crippen LogP contribution >= 0.6 is 15.9 Å². The lowest BCUT2D eigenvalue weighted by molar-refractivity contribution is 0.0688. The van der Waals surface area contributed by atoms with Gasteiger partial charge in [0.2, 0.25) is 0 Å². The number of carboxylic acid groups (broad SMARTS) is 2. The second-order valence-corrected chi connectivity index (χ2v) is 4.20. The van der Waals surface area contributed by atoms with Crippen molar-refractivity contribution in [2.75, 3.05) is 5.33 Å². The Balaban J connectivity index is 3.24. The number of hydrogen-bond acceptors (Lipinski definition) is 2. The maximum Gasteiger partial charge on any atom is 0.352 e. The lowest BCUT2D eigenvalue weighted by Gasteiger charge is -1.94. The SMILES string of the molecule is Cc1c(C(=O)O)[nH]c(C=CCCBr)c1C(=O)O. The molecule has 0 saturated heterocycles. The summed E-state index contributed by atoms with van der Waals surface area (Å²) in [6.45, 7) is 1.48. The molecule has 3 N–H and O–H groups in total. The van der Waals surface area contributed by atoms with Gasteiger partial charge in [-0.1, -0.05) is 22.0 Å². The van der Waals surface area contributed by atoms with Crippen molar-refractivity contribution in [2.45, 2.75) is 13.3 Å². The Bertz CT molecular complexity index is 476. The minimum absolute atomic E-state index is 0.00761. The van der Waals surface area contributed by atoms with E-state index in [-0.39, 0.29) is 16.8 Å². The zero-order valence-electron chi connectivity index (χ0n) is 9.16. The van der Waals surface area contributed by atoms with Crippen LogP contribution in [-0.4, -0.2) is 32.5 Å². The largest absolute Gasteiger partial charge is 0.478 e. The number of carbonyl (C=O) groups is 2. The second kappa shape index (κ2) is 5.67. The summed E-state index contributed by atoms with van der Waals surface area (Å²) in [5, 5.41) is 18.7. The number of rotatable bonds is 5. The highest BCUT2D eigenvalue weighted by Gasteiger charge is 2.21. The highest BCUT2D eigenvalue weighted by Crippen LogP contribution is 2.20. The molecular weight excluding hydrogens is 290 g/mol. The van der Waals surface area contributed by atoms with Gasteiger partial charge >= 0.3 is 11.9 Å². The van der Waals surface area contributed by atoms with Crippen molar-refractivity contribution in [3.05, 3.63) is 28.6 Å². The fraction of sp³-hybridized carbons (Fsp3) is 0.273. The number of nitrogens with one attached hydrogen (secondary N) is 1. The van der Waals surface area contributed by atoms with E-state index in [1.54, 1.807) is 12.2 Å². The fourth-order valence-electron chi connectivity index (χ4n) is 1.50. The van der Waals surface area contributed by atoms with Crippen LogP contribution in [0, 0.1) is 6.92 Å². The highest BCUT2D eigenvalue weighted by molar-refractivity contribution is 9.09. The molecular formula is C11H12BrNO4. The maximum absolute atomic E-state index is 11.1. The van der Waals surface area contributed by atoms with E-state index in [4.69, 9.17) is 10.2 Å². The predicted molar refractivity (Wildman–Crippen MR) is 66.9 cm³/mol. The first-order chi connectivity index (χ1) is 7.99. The molecule has 0 aliphatic carbocycles. The van der Waals surface area contributed by atoms with Gasteiger partial charge in [-0.3, -0.25) is 0 Å². The van der Waals surface area contributed by atoms with E-state index in [9.17, 15) is 9.59 Å². The molecule has 0 amide bonds. The molecule has 0 bridgehead atoms. The number of halogens is 1. The van der Waals surface area contributed by atoms with Gasteiger partial charge in [-0.25, -0.2) is 9.59 Å². The number of aromatic amines is 1. The highest BCUT2D eigenvalue weighted by atomic mass is 79.9. The molecule has 1 aromatic rings. The lowest BCUT2D eigenvalue weighted by atomic mass is 10.1. The fourth-order valence-corrected chi connectivity index (χ4v) is 1.76. The number of alkyl halides is 1. The van der Waals surface area contributed by atoms with Gasteiger partial charge in [0.1, 0.15) is 5.69 Å². The molecule has 92 valence electrons. The van der Waals surface area contributed by atoms with Gasteiger partial charge in [0.15, 0.2) is 0 Å². The molecule has 0 spiro atoms. The predicted octanol–water partition coefficient (Wildman–Crippen LogP) is 2.52. The van der Waals surface area contributed by atoms with Crippen LogP contribution in [0.4, 0.5) is 0 Å². The number of H-pyrrole nitrogens is 1. The van der Waals surface area contributed by atoms with Crippen LogP contribution in [0.1, 0.15) is 38.5 Å². The van der Waals surface area contributed by atoms with Gasteiger partial charge in [-0.2, -0.15) is 0 Å². The minimum atomic E-state index is -1.16. The number of allylic oxidation sites excluding steroid dienone is 1. The first kappa shape index (κ1) is 13.5. The van der Waals surface area contributed by atoms with Crippen LogP contribution in [0.3, 0.4) is 0 Å². The van der Waals surface area contributed by atoms with Gasteiger partial charge in [0, 0.05) is 5.33 Å². The van der Waals surface area contributed by atoms with Gasteiger partial charge in [-0.05, 0) is 25.0 Å². The standard InChI is InChI=1S/C11H12BrNO4/c1-6-8(10(14)15)7(4-2-3-5-12)13-9(6)11(16)17/h2,4,13H,3,5H2,1H3,(H,14,15)(H,16,17). The Morgan fingerprint density at radius 1 is 1.35 bits per heavy atom. The zero-order chi connectivity index (χ0) is 13.0. The summed E-state index contributed by atoms with van der Waals surface area (Å²) >= 11 is 3.24. The summed E-state index contributed by atoms with van der Waals surface area (Å²) in [6, 6.07) is 0. The van der Waals surface area contributed by atoms with Gasteiger partial charge in [0.25, 0.3) is 0 Å². The van der Waals surface area contributed by atoms with E-state index in [1.807, 2.05) is 0 Å². The normalized spacial score (nSPS) is 10.9. The first-order valence-electron chi connectivity index (χ1n) is 4.90. The number of hydrogen-bond donors (Lipinski definition) is 3. The molecule has 0 fully saturated rings. The Hall–Kier alpha value is -1.56. The van der Waals surface area contributed by atoms with Crippen LogP contribution in [0.2, 0.25) is 0 Å². The number of carboxylic acids is 2. The molecule has 5 nitrogen and oxygen atoms in total. The third-order valence-corrected chi connectivity index (χ3v) is 2.72. The van der Waals surface area contributed by atoms with Crippen molar-refractivity contribution in [1.82, 2.24) is 4.98 Å². The Morgan fingerprint density at radius 3 is 2.47 bits per heavy atom. The molecule has 1 aromatic heterocycles. The van der Waals surface area contributed by atoms with E-state index in [0.29, 0.717) is 5.69 Å². The Labute approximate surface area is 106 Å². The van der Waals surface area contributed by atoms with Gasteiger partial charge in [0.05, 0.1) is 11.3 Å². The van der Waals surface area contributed by atoms with Crippen molar-refractivity contribution in [3.63, 3.8) is 0 Å². The third-order valence-electron chi connectivity index (χ3n) is 2.27. The first-order valence-corrected chi connectivity index (χ1v) is 6.02. The summed E-state index contributed by atoms with van der Waals surface area (Å²) in [5.41, 5.74) is 0.478. The molecule has 0 aliphatic heterocycles. The van der Waals surface area contributed by atoms with E-state index >= 15 is 0 Å². The molecule has 0 aliphatic rings. The molecule has 1 rings (SSSR count). The van der Waals surface area contributed by atoms with Crippen LogP contribution in [0.5, 0.6) is 0 Å². The van der Waals surface area contributed by atoms with Crippen molar-refractivity contribution < 1.29 is 19.8 Å². The number of aromatic nitrogens is 1. The topological polar surface area (TPSA) is 90.4 Å². The quantitative estimate of drug-likeness (QED) is 0.729. The van der Waals surface area contributed by atoms with Gasteiger partial charge < -0.3 is 15.2 Å². The summed E-state index contributed by atoms with van der Waals surface area (Å²) in [5.74, 6) is -2.30. The molecule has 0 unspecified atom stereocenters. The molecule has 0 aromatic carbocycles. The molecule has 0 radical (unpaired) electrons. The van der Waals surface area contributed by atoms with E-state index < -0.39 is 11.9 Å². The van der Waals surface area contributed by atoms with E-state index in [2.05, 4.69) is 20.9 Å². The lowest BCUT2D eigenvalue weighted by Crippen LogP contribution is -2.01. The number of aromatic carboxylic acids is 2. The van der Waals surface area contributed by atoms with Gasteiger partial charge in [-0.15, -0.1) is 0 Å². The van der Waals surface area contributed by atoms with Crippen LogP contribution in [-0.2, 0) is 0 Å². The summed E-state index contributed by atoms with van der Waals surface area (Å²) in [7, 11) is 0. The Kier molecular flexibility index (Phi) is 4.51.